The largest absolute Gasteiger partial charge is 0.493 e. The number of amides is 1. The number of aliphatic hydroxyl groups is 1. The Bertz CT molecular complexity index is 1320. The Morgan fingerprint density at radius 3 is 2.57 bits per heavy atom. The van der Waals surface area contributed by atoms with Crippen LogP contribution in [0.4, 0.5) is 0 Å². The molecule has 11 nitrogen and oxygen atoms in total. The summed E-state index contributed by atoms with van der Waals surface area (Å²) in [5.74, 6) is -1.82. The molecule has 228 valence electrons. The number of hydrogen-bond acceptors (Lipinski definition) is 9. The zero-order valence-corrected chi connectivity index (χ0v) is 24.4. The number of rotatable bonds is 11. The van der Waals surface area contributed by atoms with Gasteiger partial charge in [0.05, 0.1) is 31.0 Å². The molecule has 1 aromatic carbocycles. The van der Waals surface area contributed by atoms with E-state index < -0.39 is 53.1 Å². The number of carbonyl (C=O) groups excluding carboxylic acids is 3. The molecular weight excluding hydrogens is 546 g/mol. The van der Waals surface area contributed by atoms with Crippen molar-refractivity contribution in [1.29, 1.82) is 0 Å². The van der Waals surface area contributed by atoms with Crippen molar-refractivity contribution in [1.82, 2.24) is 5.32 Å². The van der Waals surface area contributed by atoms with E-state index in [9.17, 15) is 29.4 Å². The highest BCUT2D eigenvalue weighted by Crippen LogP contribution is 2.67. The third-order valence-corrected chi connectivity index (χ3v) is 9.23. The maximum atomic E-state index is 12.9. The van der Waals surface area contributed by atoms with Gasteiger partial charge in [0.1, 0.15) is 11.8 Å². The zero-order chi connectivity index (χ0) is 30.4. The molecule has 42 heavy (non-hydrogen) atoms. The van der Waals surface area contributed by atoms with Crippen LogP contribution >= 0.6 is 0 Å². The second-order valence-electron chi connectivity index (χ2n) is 12.3. The lowest BCUT2D eigenvalue weighted by Crippen LogP contribution is -2.67. The fraction of sp³-hybridized carbons (Fsp3) is 0.613. The number of carboxylic acids is 1. The van der Waals surface area contributed by atoms with Gasteiger partial charge in [0.25, 0.3) is 5.91 Å². The summed E-state index contributed by atoms with van der Waals surface area (Å²) in [5.41, 5.74) is 0.269. The average molecular weight is 586 g/mol. The number of aliphatic carboxylic acids is 1. The van der Waals surface area contributed by atoms with Crippen molar-refractivity contribution in [2.45, 2.75) is 101 Å². The van der Waals surface area contributed by atoms with Crippen LogP contribution in [0.25, 0.3) is 0 Å². The molecule has 4 aliphatic rings. The van der Waals surface area contributed by atoms with Gasteiger partial charge in [-0.15, -0.1) is 0 Å². The van der Waals surface area contributed by atoms with E-state index in [1.54, 1.807) is 13.2 Å². The summed E-state index contributed by atoms with van der Waals surface area (Å²) in [6.45, 7) is 5.01. The van der Waals surface area contributed by atoms with Gasteiger partial charge in [-0.2, -0.15) is 0 Å². The van der Waals surface area contributed by atoms with Gasteiger partial charge in [0, 0.05) is 5.56 Å². The first kappa shape index (κ1) is 29.9. The predicted octanol–water partition coefficient (Wildman–Crippen LogP) is 2.94. The Hall–Kier alpha value is -3.60. The van der Waals surface area contributed by atoms with Crippen LogP contribution in [0.2, 0.25) is 0 Å². The molecular formula is C31H39NO10. The molecule has 0 saturated heterocycles. The van der Waals surface area contributed by atoms with E-state index in [0.717, 1.165) is 30.4 Å². The number of nitrogens with one attached hydrogen (secondary N) is 1. The van der Waals surface area contributed by atoms with Crippen molar-refractivity contribution in [3.05, 3.63) is 35.1 Å². The number of benzene rings is 1. The third kappa shape index (κ3) is 4.91. The van der Waals surface area contributed by atoms with Gasteiger partial charge >= 0.3 is 17.9 Å². The lowest BCUT2D eigenvalue weighted by molar-refractivity contribution is -0.162. The molecule has 0 radical (unpaired) electrons. The second-order valence-corrected chi connectivity index (χ2v) is 12.3. The highest BCUT2D eigenvalue weighted by atomic mass is 16.6. The second kappa shape index (κ2) is 11.2. The van der Waals surface area contributed by atoms with Gasteiger partial charge in [-0.3, -0.25) is 14.4 Å². The molecule has 3 aliphatic carbocycles. The molecule has 1 fully saturated rings. The molecule has 1 aliphatic heterocycles. The molecule has 11 heteroatoms. The Morgan fingerprint density at radius 2 is 1.88 bits per heavy atom. The van der Waals surface area contributed by atoms with Crippen molar-refractivity contribution in [3.8, 4) is 11.5 Å². The third-order valence-electron chi connectivity index (χ3n) is 9.23. The van der Waals surface area contributed by atoms with Crippen LogP contribution in [0.5, 0.6) is 11.5 Å². The van der Waals surface area contributed by atoms with Gasteiger partial charge in [-0.1, -0.05) is 26.3 Å². The number of hydrogen-bond donors (Lipinski definition) is 3. The molecule has 6 atom stereocenters. The lowest BCUT2D eigenvalue weighted by Gasteiger charge is -2.59. The number of carboxylic acid groups (broad SMARTS) is 1. The van der Waals surface area contributed by atoms with Crippen molar-refractivity contribution >= 4 is 23.8 Å². The first-order chi connectivity index (χ1) is 19.9. The molecule has 1 heterocycles. The van der Waals surface area contributed by atoms with Crippen molar-refractivity contribution in [2.24, 2.45) is 11.8 Å². The molecule has 0 aromatic heterocycles. The molecule has 1 saturated carbocycles. The van der Waals surface area contributed by atoms with E-state index in [2.05, 4.69) is 5.32 Å². The zero-order valence-electron chi connectivity index (χ0n) is 24.4. The van der Waals surface area contributed by atoms with Gasteiger partial charge in [0.15, 0.2) is 23.7 Å². The summed E-state index contributed by atoms with van der Waals surface area (Å²) in [6.07, 6.45) is 2.93. The summed E-state index contributed by atoms with van der Waals surface area (Å²) in [7, 11) is 1.57. The van der Waals surface area contributed by atoms with Gasteiger partial charge < -0.3 is 34.5 Å². The quantitative estimate of drug-likeness (QED) is 0.330. The maximum absolute atomic E-state index is 12.9. The summed E-state index contributed by atoms with van der Waals surface area (Å²) in [5, 5.41) is 23.8. The van der Waals surface area contributed by atoms with Crippen LogP contribution in [-0.2, 0) is 40.5 Å². The lowest BCUT2D eigenvalue weighted by atomic mass is 9.47. The van der Waals surface area contributed by atoms with Crippen LogP contribution in [0.3, 0.4) is 0 Å². The minimum Gasteiger partial charge on any atom is -0.493 e. The molecule has 1 unspecified atom stereocenters. The minimum atomic E-state index is -1.24. The van der Waals surface area contributed by atoms with E-state index in [4.69, 9.17) is 18.9 Å². The van der Waals surface area contributed by atoms with Gasteiger partial charge in [0.2, 0.25) is 0 Å². The van der Waals surface area contributed by atoms with Crippen LogP contribution < -0.4 is 14.8 Å². The topological polar surface area (TPSA) is 158 Å². The average Bonchev–Trinajstić information content (AvgIpc) is 3.27. The van der Waals surface area contributed by atoms with E-state index in [1.165, 1.54) is 6.92 Å². The number of ether oxygens (including phenoxy) is 4. The standard InChI is InChI=1S/C31H39NO10/c1-16(2)14-20(29(36)37)32-28(35)17(3)40-23(33)9-10-24(34)41-22-11-13-31(38)19-6-5-12-30(31)25-18(15-19)7-8-21(39-4)26(25)42-27(22)30/h7-8,11,16-17,19-20,27,38H,5-6,9-10,12-15H2,1-4H3,(H,32,35)(H,36,37)/t17-,19+,20-,27-,30?,31+/m0/s1. The first-order valence-electron chi connectivity index (χ1n) is 14.6. The van der Waals surface area contributed by atoms with Crippen molar-refractivity contribution < 1.29 is 48.3 Å². The highest BCUT2D eigenvalue weighted by Gasteiger charge is 2.70. The number of methoxy groups -OCH3 is 1. The van der Waals surface area contributed by atoms with Gasteiger partial charge in [-0.05, 0) is 68.6 Å². The number of esters is 2. The Kier molecular flexibility index (Phi) is 8.00. The molecule has 1 spiro atoms. The summed E-state index contributed by atoms with van der Waals surface area (Å²) >= 11 is 0. The molecule has 3 N–H and O–H groups in total. The van der Waals surface area contributed by atoms with Crippen LogP contribution in [0.15, 0.2) is 24.0 Å². The van der Waals surface area contributed by atoms with E-state index in [0.29, 0.717) is 30.1 Å². The van der Waals surface area contributed by atoms with E-state index in [-0.39, 0.29) is 31.1 Å². The molecule has 2 bridgehead atoms. The smallest absolute Gasteiger partial charge is 0.326 e. The fourth-order valence-corrected chi connectivity index (χ4v) is 7.36. The fourth-order valence-electron chi connectivity index (χ4n) is 7.36. The molecule has 1 amide bonds. The van der Waals surface area contributed by atoms with E-state index in [1.807, 2.05) is 26.0 Å². The summed E-state index contributed by atoms with van der Waals surface area (Å²) in [6, 6.07) is 2.81. The molecule has 1 aromatic rings. The van der Waals surface area contributed by atoms with Crippen LogP contribution in [0, 0.1) is 11.8 Å². The first-order valence-corrected chi connectivity index (χ1v) is 14.6. The minimum absolute atomic E-state index is 0.0356. The number of carbonyl (C=O) groups is 4. The Balaban J connectivity index is 1.22. The van der Waals surface area contributed by atoms with Crippen LogP contribution in [-0.4, -0.2) is 65.0 Å². The van der Waals surface area contributed by atoms with E-state index >= 15 is 0 Å². The van der Waals surface area contributed by atoms with Gasteiger partial charge in [-0.25, -0.2) is 4.79 Å². The van der Waals surface area contributed by atoms with Crippen LogP contribution in [0.1, 0.15) is 76.8 Å². The highest BCUT2D eigenvalue weighted by molar-refractivity contribution is 5.88. The Labute approximate surface area is 244 Å². The Morgan fingerprint density at radius 1 is 1.14 bits per heavy atom. The summed E-state index contributed by atoms with van der Waals surface area (Å²) < 4.78 is 22.9. The van der Waals surface area contributed by atoms with Crippen molar-refractivity contribution in [2.75, 3.05) is 7.11 Å². The SMILES string of the molecule is COc1ccc2c3c1O[C@H]1C(OC(=O)CCC(=O)O[C@@H](C)C(=O)N[C@@H](CC(C)C)C(=O)O)=CC[C@@]4(O)[C@H](CCCC314)C2. The normalized spacial score (nSPS) is 28.0. The van der Waals surface area contributed by atoms with Crippen molar-refractivity contribution in [3.63, 3.8) is 0 Å². The summed E-state index contributed by atoms with van der Waals surface area (Å²) in [4.78, 5) is 49.1. The maximum Gasteiger partial charge on any atom is 0.326 e. The molecule has 5 rings (SSSR count). The predicted molar refractivity (Wildman–Crippen MR) is 148 cm³/mol. The monoisotopic (exact) mass is 585 g/mol.